The topological polar surface area (TPSA) is 70.1 Å². The molecule has 0 saturated heterocycles. The number of carbonyl (C=O) groups is 1. The molecule has 3 rings (SSSR count). The normalized spacial score (nSPS) is 11.1. The Balaban J connectivity index is 1.71. The first kappa shape index (κ1) is 13.3. The maximum atomic E-state index is 11.9. The fourth-order valence-corrected chi connectivity index (χ4v) is 2.06. The Morgan fingerprint density at radius 2 is 2.10 bits per heavy atom. The zero-order chi connectivity index (χ0) is 14.7. The summed E-state index contributed by atoms with van der Waals surface area (Å²) in [5, 5.41) is 4.50. The third-order valence-corrected chi connectivity index (χ3v) is 3.07. The van der Waals surface area contributed by atoms with Crippen LogP contribution < -0.4 is 5.43 Å². The zero-order valence-electron chi connectivity index (χ0n) is 10.9. The van der Waals surface area contributed by atoms with Crippen molar-refractivity contribution in [3.8, 4) is 0 Å². The molecule has 1 heterocycles. The Bertz CT molecular complexity index is 792. The molecule has 1 aromatic heterocycles. The van der Waals surface area contributed by atoms with E-state index in [1.54, 1.807) is 12.1 Å². The first-order chi connectivity index (χ1) is 10.2. The van der Waals surface area contributed by atoms with Gasteiger partial charge in [-0.05, 0) is 29.8 Å². The molecule has 0 fully saturated rings. The minimum absolute atomic E-state index is 0.222. The van der Waals surface area contributed by atoms with E-state index in [9.17, 15) is 4.79 Å². The van der Waals surface area contributed by atoms with E-state index in [4.69, 9.17) is 11.6 Å². The van der Waals surface area contributed by atoms with Gasteiger partial charge in [-0.1, -0.05) is 35.9 Å². The Kier molecular flexibility index (Phi) is 3.66. The highest BCUT2D eigenvalue weighted by molar-refractivity contribution is 6.30. The zero-order valence-corrected chi connectivity index (χ0v) is 11.6. The lowest BCUT2D eigenvalue weighted by Gasteiger charge is -1.96. The van der Waals surface area contributed by atoms with Crippen molar-refractivity contribution in [1.82, 2.24) is 15.4 Å². The lowest BCUT2D eigenvalue weighted by atomic mass is 10.2. The number of imidazole rings is 1. The van der Waals surface area contributed by atoms with Crippen LogP contribution in [0.1, 0.15) is 16.2 Å². The number of hydrogen-bond donors (Lipinski definition) is 2. The van der Waals surface area contributed by atoms with Crippen molar-refractivity contribution in [2.24, 2.45) is 5.10 Å². The molecule has 0 bridgehead atoms. The van der Waals surface area contributed by atoms with Gasteiger partial charge >= 0.3 is 5.91 Å². The first-order valence-electron chi connectivity index (χ1n) is 6.26. The highest BCUT2D eigenvalue weighted by Gasteiger charge is 2.09. The van der Waals surface area contributed by atoms with Gasteiger partial charge in [0.2, 0.25) is 0 Å². The van der Waals surface area contributed by atoms with Crippen LogP contribution in [0.15, 0.2) is 53.6 Å². The number of hydrazone groups is 1. The second-order valence-corrected chi connectivity index (χ2v) is 4.79. The molecule has 0 aliphatic carbocycles. The van der Waals surface area contributed by atoms with E-state index in [1.807, 2.05) is 36.4 Å². The number of H-pyrrole nitrogens is 1. The van der Waals surface area contributed by atoms with E-state index in [0.29, 0.717) is 5.02 Å². The van der Waals surface area contributed by atoms with Crippen molar-refractivity contribution in [2.45, 2.75) is 0 Å². The summed E-state index contributed by atoms with van der Waals surface area (Å²) in [6.45, 7) is 0. The van der Waals surface area contributed by atoms with Crippen molar-refractivity contribution in [3.63, 3.8) is 0 Å². The molecule has 0 atom stereocenters. The van der Waals surface area contributed by atoms with Gasteiger partial charge in [0.15, 0.2) is 5.82 Å². The van der Waals surface area contributed by atoms with Gasteiger partial charge in [-0.15, -0.1) is 0 Å². The molecule has 0 aliphatic heterocycles. The number of hydrogen-bond acceptors (Lipinski definition) is 3. The number of aromatic nitrogens is 2. The van der Waals surface area contributed by atoms with Gasteiger partial charge in [-0.25, -0.2) is 10.4 Å². The van der Waals surface area contributed by atoms with E-state index >= 15 is 0 Å². The number of rotatable bonds is 3. The van der Waals surface area contributed by atoms with Crippen LogP contribution in [0.25, 0.3) is 11.0 Å². The van der Waals surface area contributed by atoms with Crippen LogP contribution >= 0.6 is 11.6 Å². The maximum absolute atomic E-state index is 11.9. The minimum atomic E-state index is -0.399. The van der Waals surface area contributed by atoms with Crippen molar-refractivity contribution in [1.29, 1.82) is 0 Å². The lowest BCUT2D eigenvalue weighted by molar-refractivity contribution is 0.0946. The van der Waals surface area contributed by atoms with Crippen molar-refractivity contribution < 1.29 is 4.79 Å². The molecular formula is C15H11ClN4O. The van der Waals surface area contributed by atoms with Crippen molar-refractivity contribution in [3.05, 3.63) is 64.9 Å². The summed E-state index contributed by atoms with van der Waals surface area (Å²) in [5.74, 6) is -0.177. The third kappa shape index (κ3) is 3.09. The van der Waals surface area contributed by atoms with Crippen LogP contribution in [0.3, 0.4) is 0 Å². The number of nitrogens with one attached hydrogen (secondary N) is 2. The van der Waals surface area contributed by atoms with E-state index < -0.39 is 5.91 Å². The van der Waals surface area contributed by atoms with Crippen LogP contribution in [0.2, 0.25) is 5.02 Å². The van der Waals surface area contributed by atoms with E-state index in [1.165, 1.54) is 6.21 Å². The number of amides is 1. The van der Waals surface area contributed by atoms with Gasteiger partial charge in [0.05, 0.1) is 17.2 Å². The lowest BCUT2D eigenvalue weighted by Crippen LogP contribution is -2.19. The number of carbonyl (C=O) groups excluding carboxylic acids is 1. The number of fused-ring (bicyclic) bond motifs is 1. The largest absolute Gasteiger partial charge is 0.334 e. The van der Waals surface area contributed by atoms with E-state index in [-0.39, 0.29) is 5.82 Å². The van der Waals surface area contributed by atoms with Crippen LogP contribution in [-0.4, -0.2) is 22.1 Å². The predicted octanol–water partition coefficient (Wildman–Crippen LogP) is 2.98. The molecule has 0 saturated carbocycles. The Morgan fingerprint density at radius 3 is 2.90 bits per heavy atom. The molecule has 1 amide bonds. The summed E-state index contributed by atoms with van der Waals surface area (Å²) in [7, 11) is 0. The van der Waals surface area contributed by atoms with Crippen molar-refractivity contribution in [2.75, 3.05) is 0 Å². The van der Waals surface area contributed by atoms with Gasteiger partial charge in [0, 0.05) is 5.02 Å². The summed E-state index contributed by atoms with van der Waals surface area (Å²) in [6, 6.07) is 14.6. The Morgan fingerprint density at radius 1 is 1.24 bits per heavy atom. The number of para-hydroxylation sites is 2. The molecule has 2 N–H and O–H groups in total. The second-order valence-electron chi connectivity index (χ2n) is 4.36. The fourth-order valence-electron chi connectivity index (χ4n) is 1.87. The summed E-state index contributed by atoms with van der Waals surface area (Å²) >= 11 is 5.86. The smallest absolute Gasteiger partial charge is 0.307 e. The molecular weight excluding hydrogens is 288 g/mol. The maximum Gasteiger partial charge on any atom is 0.307 e. The monoisotopic (exact) mass is 298 g/mol. The van der Waals surface area contributed by atoms with Crippen LogP contribution in [0, 0.1) is 0 Å². The molecule has 0 aliphatic rings. The Labute approximate surface area is 125 Å². The summed E-state index contributed by atoms with van der Waals surface area (Å²) < 4.78 is 0. The molecule has 104 valence electrons. The SMILES string of the molecule is O=C(N/N=C/c1cccc(Cl)c1)c1nc2ccccc2[nH]1. The highest BCUT2D eigenvalue weighted by Crippen LogP contribution is 2.10. The summed E-state index contributed by atoms with van der Waals surface area (Å²) in [5.41, 5.74) is 4.76. The second kappa shape index (κ2) is 5.76. The van der Waals surface area contributed by atoms with Gasteiger partial charge in [-0.3, -0.25) is 4.79 Å². The van der Waals surface area contributed by atoms with Gasteiger partial charge in [0.1, 0.15) is 0 Å². The van der Waals surface area contributed by atoms with Crippen LogP contribution in [-0.2, 0) is 0 Å². The molecule has 6 heteroatoms. The van der Waals surface area contributed by atoms with Gasteiger partial charge < -0.3 is 4.98 Å². The average Bonchev–Trinajstić information content (AvgIpc) is 2.91. The van der Waals surface area contributed by atoms with E-state index in [2.05, 4.69) is 20.5 Å². The number of benzene rings is 2. The van der Waals surface area contributed by atoms with Crippen LogP contribution in [0.5, 0.6) is 0 Å². The third-order valence-electron chi connectivity index (χ3n) is 2.83. The van der Waals surface area contributed by atoms with Crippen molar-refractivity contribution >= 4 is 34.8 Å². The first-order valence-corrected chi connectivity index (χ1v) is 6.64. The fraction of sp³-hybridized carbons (Fsp3) is 0. The standard InChI is InChI=1S/C15H11ClN4O/c16-11-5-3-4-10(8-11)9-17-20-15(21)14-18-12-6-1-2-7-13(12)19-14/h1-9H,(H,18,19)(H,20,21)/b17-9+. The van der Waals surface area contributed by atoms with Gasteiger partial charge in [-0.2, -0.15) is 5.10 Å². The Hall–Kier alpha value is -2.66. The molecule has 0 spiro atoms. The molecule has 0 unspecified atom stereocenters. The molecule has 0 radical (unpaired) electrons. The summed E-state index contributed by atoms with van der Waals surface area (Å²) in [6.07, 6.45) is 1.52. The van der Waals surface area contributed by atoms with Gasteiger partial charge in [0.25, 0.3) is 0 Å². The molecule has 3 aromatic rings. The number of aromatic amines is 1. The molecule has 21 heavy (non-hydrogen) atoms. The molecule has 5 nitrogen and oxygen atoms in total. The quantitative estimate of drug-likeness (QED) is 0.576. The average molecular weight is 299 g/mol. The minimum Gasteiger partial charge on any atom is -0.334 e. The molecule has 2 aromatic carbocycles. The van der Waals surface area contributed by atoms with Crippen LogP contribution in [0.4, 0.5) is 0 Å². The number of nitrogens with zero attached hydrogens (tertiary/aromatic N) is 2. The highest BCUT2D eigenvalue weighted by atomic mass is 35.5. The van der Waals surface area contributed by atoms with E-state index in [0.717, 1.165) is 16.6 Å². The summed E-state index contributed by atoms with van der Waals surface area (Å²) in [4.78, 5) is 19.1. The predicted molar refractivity (Wildman–Crippen MR) is 82.6 cm³/mol. The number of halogens is 1.